The summed E-state index contributed by atoms with van der Waals surface area (Å²) in [5.41, 5.74) is -0.571. The first kappa shape index (κ1) is 14.6. The molecule has 0 nitrogen and oxygen atoms in total. The third-order valence-electron chi connectivity index (χ3n) is 1.08. The topological polar surface area (TPSA) is 0 Å². The molecule has 0 saturated heterocycles. The molecule has 0 aliphatic carbocycles. The fourth-order valence-corrected chi connectivity index (χ4v) is 0.599. The molecule has 0 aromatic heterocycles. The summed E-state index contributed by atoms with van der Waals surface area (Å²) in [6, 6.07) is 5.51. The van der Waals surface area contributed by atoms with Gasteiger partial charge >= 0.3 is 23.1 Å². The largest absolute Gasteiger partial charge is 2.00 e. The van der Waals surface area contributed by atoms with Gasteiger partial charge < -0.3 is 12.4 Å². The Morgan fingerprint density at radius 2 is 1.92 bits per heavy atom. The molecule has 0 N–H and O–H groups in total. The summed E-state index contributed by atoms with van der Waals surface area (Å²) in [6.07, 6.45) is -2.74. The van der Waals surface area contributed by atoms with Crippen LogP contribution >= 0.6 is 0 Å². The van der Waals surface area contributed by atoms with Crippen molar-refractivity contribution >= 4 is 23.1 Å². The van der Waals surface area contributed by atoms with Crippen LogP contribution in [0.15, 0.2) is 18.2 Å². The normalized spacial score (nSPS) is 8.67. The molecule has 0 saturated carbocycles. The zero-order valence-corrected chi connectivity index (χ0v) is 8.20. The molecule has 0 aliphatic rings. The minimum absolute atomic E-state index is 0. The van der Waals surface area contributed by atoms with E-state index in [2.05, 4.69) is 6.07 Å². The molecular weight excluding hydrogens is 201 g/mol. The summed E-state index contributed by atoms with van der Waals surface area (Å²) < 4.78 is 35.9. The first-order valence-electron chi connectivity index (χ1n) is 2.65. The number of benzene rings is 1. The van der Waals surface area contributed by atoms with E-state index in [-0.39, 0.29) is 35.5 Å². The van der Waals surface area contributed by atoms with Crippen molar-refractivity contribution in [3.8, 4) is 0 Å². The van der Waals surface area contributed by atoms with Crippen LogP contribution in [0, 0.1) is 11.9 Å². The zero-order chi connectivity index (χ0) is 7.56. The fraction of sp³-hybridized carbons (Fsp3) is 0.143. The molecule has 0 unspecified atom stereocenters. The van der Waals surface area contributed by atoms with Crippen molar-refractivity contribution in [2.45, 2.75) is 6.43 Å². The molecule has 0 atom stereocenters. The Bertz CT molecular complexity index is 230. The van der Waals surface area contributed by atoms with E-state index in [1.165, 1.54) is 6.07 Å². The molecule has 0 spiro atoms. The van der Waals surface area contributed by atoms with Crippen molar-refractivity contribution in [2.24, 2.45) is 0 Å². The fourth-order valence-electron chi connectivity index (χ4n) is 0.599. The van der Waals surface area contributed by atoms with Gasteiger partial charge in [0.05, 0.1) is 0 Å². The first-order valence-corrected chi connectivity index (χ1v) is 2.65. The van der Waals surface area contributed by atoms with E-state index in [4.69, 9.17) is 0 Å². The molecule has 0 radical (unpaired) electrons. The molecule has 1 aromatic rings. The number of rotatable bonds is 1. The van der Waals surface area contributed by atoms with Crippen LogP contribution in [0.5, 0.6) is 0 Å². The molecule has 1 rings (SSSR count). The number of halogens is 4. The predicted molar refractivity (Wildman–Crippen MR) is 35.9 cm³/mol. The van der Waals surface area contributed by atoms with E-state index < -0.39 is 17.8 Å². The van der Waals surface area contributed by atoms with Crippen LogP contribution < -0.4 is 12.4 Å². The quantitative estimate of drug-likeness (QED) is 0.415. The third kappa shape index (κ3) is 3.65. The van der Waals surface area contributed by atoms with Crippen molar-refractivity contribution in [1.29, 1.82) is 0 Å². The number of hydrogen-bond donors (Lipinski definition) is 0. The average molecular weight is 205 g/mol. The van der Waals surface area contributed by atoms with Crippen LogP contribution in [-0.2, 0) is 0 Å². The molecule has 0 amide bonds. The SMILES string of the molecule is Fc1c[c-]ccc1C(F)F.[Cl-].[Mg+2]. The zero-order valence-electron chi connectivity index (χ0n) is 6.03. The standard InChI is InChI=1S/C7H4F3.ClH.Mg/c8-6-4-2-1-3-5(6)7(9)10;;/h1,3-4,7H;1H;/q-1;;+2/p-1. The second-order valence-electron chi connectivity index (χ2n) is 1.75. The van der Waals surface area contributed by atoms with Gasteiger partial charge in [-0.2, -0.15) is 18.2 Å². The number of alkyl halides is 2. The summed E-state index contributed by atoms with van der Waals surface area (Å²) in [7, 11) is 0. The van der Waals surface area contributed by atoms with E-state index in [9.17, 15) is 13.2 Å². The van der Waals surface area contributed by atoms with Gasteiger partial charge in [0.15, 0.2) is 0 Å². The van der Waals surface area contributed by atoms with Gasteiger partial charge in [-0.3, -0.25) is 4.39 Å². The van der Waals surface area contributed by atoms with Crippen LogP contribution in [0.2, 0.25) is 0 Å². The van der Waals surface area contributed by atoms with Gasteiger partial charge in [-0.1, -0.05) is 5.56 Å². The average Bonchev–Trinajstić information content (AvgIpc) is 1.88. The molecule has 0 aliphatic heterocycles. The van der Waals surface area contributed by atoms with Gasteiger partial charge in [0.2, 0.25) is 6.43 Å². The van der Waals surface area contributed by atoms with E-state index >= 15 is 0 Å². The molecule has 1 aromatic carbocycles. The Morgan fingerprint density at radius 3 is 2.25 bits per heavy atom. The first-order chi connectivity index (χ1) is 4.72. The summed E-state index contributed by atoms with van der Waals surface area (Å²) in [5, 5.41) is 0. The van der Waals surface area contributed by atoms with Gasteiger partial charge in [0, 0.05) is 5.82 Å². The van der Waals surface area contributed by atoms with Crippen molar-refractivity contribution in [1.82, 2.24) is 0 Å². The maximum Gasteiger partial charge on any atom is 2.00 e. The Kier molecular flexibility index (Phi) is 7.98. The molecule has 12 heavy (non-hydrogen) atoms. The minimum atomic E-state index is -2.74. The van der Waals surface area contributed by atoms with Crippen molar-refractivity contribution < 1.29 is 25.6 Å². The van der Waals surface area contributed by atoms with Gasteiger partial charge in [0.25, 0.3) is 0 Å². The summed E-state index contributed by atoms with van der Waals surface area (Å²) >= 11 is 0. The summed E-state index contributed by atoms with van der Waals surface area (Å²) in [6.45, 7) is 0. The van der Waals surface area contributed by atoms with Gasteiger partial charge in [-0.05, 0) is 0 Å². The molecule has 0 fully saturated rings. The second kappa shape index (κ2) is 6.57. The van der Waals surface area contributed by atoms with Crippen LogP contribution in [0.3, 0.4) is 0 Å². The van der Waals surface area contributed by atoms with Crippen LogP contribution in [0.4, 0.5) is 13.2 Å². The molecular formula is C7H4ClF3Mg. The maximum absolute atomic E-state index is 12.3. The van der Waals surface area contributed by atoms with Gasteiger partial charge in [-0.25, -0.2) is 8.78 Å². The summed E-state index contributed by atoms with van der Waals surface area (Å²) in [5.74, 6) is -0.905. The van der Waals surface area contributed by atoms with Crippen molar-refractivity contribution in [3.05, 3.63) is 35.6 Å². The van der Waals surface area contributed by atoms with E-state index in [1.54, 1.807) is 0 Å². The molecule has 62 valence electrons. The molecule has 0 bridgehead atoms. The Balaban J connectivity index is 0. The van der Waals surface area contributed by atoms with Crippen LogP contribution in [0.25, 0.3) is 0 Å². The maximum atomic E-state index is 12.3. The smallest absolute Gasteiger partial charge is 1.00 e. The Hall–Kier alpha value is 0.0662. The van der Waals surface area contributed by atoms with Crippen LogP contribution in [0.1, 0.15) is 12.0 Å². The van der Waals surface area contributed by atoms with E-state index in [1.807, 2.05) is 0 Å². The van der Waals surface area contributed by atoms with E-state index in [0.717, 1.165) is 12.1 Å². The van der Waals surface area contributed by atoms with Crippen molar-refractivity contribution in [3.63, 3.8) is 0 Å². The van der Waals surface area contributed by atoms with Gasteiger partial charge in [-0.15, -0.1) is 6.07 Å². The number of hydrogen-bond acceptors (Lipinski definition) is 0. The molecule has 0 heterocycles. The Morgan fingerprint density at radius 1 is 1.33 bits per heavy atom. The van der Waals surface area contributed by atoms with E-state index in [0.29, 0.717) is 0 Å². The van der Waals surface area contributed by atoms with Gasteiger partial charge in [0.1, 0.15) is 0 Å². The predicted octanol–water partition coefficient (Wildman–Crippen LogP) is -0.813. The Labute approximate surface area is 90.7 Å². The molecule has 5 heteroatoms. The van der Waals surface area contributed by atoms with Crippen LogP contribution in [-0.4, -0.2) is 23.1 Å². The summed E-state index contributed by atoms with van der Waals surface area (Å²) in [4.78, 5) is 0. The monoisotopic (exact) mass is 204 g/mol. The third-order valence-corrected chi connectivity index (χ3v) is 1.08. The van der Waals surface area contributed by atoms with Crippen molar-refractivity contribution in [2.75, 3.05) is 0 Å². The minimum Gasteiger partial charge on any atom is -1.00 e. The second-order valence-corrected chi connectivity index (χ2v) is 1.75.